The third-order valence-corrected chi connectivity index (χ3v) is 8.81. The number of unbranched alkanes of at least 4 members (excludes halogenated alkanes) is 24. The summed E-state index contributed by atoms with van der Waals surface area (Å²) < 4.78 is 10.0. The molecule has 0 spiro atoms. The summed E-state index contributed by atoms with van der Waals surface area (Å²) in [4.78, 5) is 20.9. The zero-order chi connectivity index (χ0) is 30.7. The fourth-order valence-corrected chi connectivity index (χ4v) is 5.87. The molecule has 2 fully saturated rings. The number of carbonyl (C=O) groups is 2. The standard InChI is InChI=1S/2C18H34O3.Zn/c2*1-2-3-4-5-6-7-8-9-10-11-12-13-14-15-16-17(21-16)18(19)20;/h2*16-17H,2-15H2,1H3,(H,19,20);/q;;+2/p-2. The van der Waals surface area contributed by atoms with Gasteiger partial charge in [-0.25, -0.2) is 0 Å². The van der Waals surface area contributed by atoms with Gasteiger partial charge in [-0.3, -0.25) is 0 Å². The van der Waals surface area contributed by atoms with E-state index in [9.17, 15) is 19.8 Å². The van der Waals surface area contributed by atoms with Crippen LogP contribution >= 0.6 is 0 Å². The molecule has 2 saturated heterocycles. The predicted octanol–water partition coefficient (Wildman–Crippen LogP) is 7.97. The van der Waals surface area contributed by atoms with Gasteiger partial charge in [-0.2, -0.15) is 0 Å². The van der Waals surface area contributed by atoms with Gasteiger partial charge < -0.3 is 29.3 Å². The van der Waals surface area contributed by atoms with Gasteiger partial charge in [-0.15, -0.1) is 0 Å². The number of rotatable bonds is 30. The summed E-state index contributed by atoms with van der Waals surface area (Å²) in [6, 6.07) is 0. The topological polar surface area (TPSA) is 105 Å². The van der Waals surface area contributed by atoms with Crippen molar-refractivity contribution in [1.29, 1.82) is 0 Å². The SMILES string of the molecule is CCCCCCCCCCCCCCCC1OC1C(=O)[O-].CCCCCCCCCCCCCCCC1OC1C(=O)[O-].[Zn+2]. The largest absolute Gasteiger partial charge is 2.00 e. The summed E-state index contributed by atoms with van der Waals surface area (Å²) in [7, 11) is 0. The molecule has 2 rings (SSSR count). The molecule has 6 nitrogen and oxygen atoms in total. The summed E-state index contributed by atoms with van der Waals surface area (Å²) in [6.45, 7) is 4.53. The van der Waals surface area contributed by atoms with Crippen molar-refractivity contribution in [1.82, 2.24) is 0 Å². The second-order valence-electron chi connectivity index (χ2n) is 12.9. The van der Waals surface area contributed by atoms with Crippen LogP contribution in [0.2, 0.25) is 0 Å². The van der Waals surface area contributed by atoms with Crippen molar-refractivity contribution in [2.45, 2.75) is 218 Å². The van der Waals surface area contributed by atoms with Crippen LogP contribution in [0.15, 0.2) is 0 Å². The summed E-state index contributed by atoms with van der Waals surface area (Å²) in [5.74, 6) is -2.09. The van der Waals surface area contributed by atoms with Crippen LogP contribution in [-0.4, -0.2) is 36.4 Å². The molecule has 248 valence electrons. The van der Waals surface area contributed by atoms with E-state index >= 15 is 0 Å². The molecule has 43 heavy (non-hydrogen) atoms. The zero-order valence-corrected chi connectivity index (χ0v) is 31.2. The molecule has 0 bridgehead atoms. The Morgan fingerprint density at radius 2 is 0.628 bits per heavy atom. The van der Waals surface area contributed by atoms with E-state index < -0.39 is 24.1 Å². The minimum absolute atomic E-state index is 0. The Labute approximate surface area is 278 Å². The number of carboxylic acids is 2. The molecule has 0 aromatic heterocycles. The minimum Gasteiger partial charge on any atom is -0.547 e. The number of hydrogen-bond donors (Lipinski definition) is 0. The van der Waals surface area contributed by atoms with Gasteiger partial charge in [0.2, 0.25) is 0 Å². The van der Waals surface area contributed by atoms with E-state index in [0.29, 0.717) is 0 Å². The molecule has 0 aromatic rings. The minimum atomic E-state index is -1.05. The van der Waals surface area contributed by atoms with E-state index in [0.717, 1.165) is 25.7 Å². The Bertz CT molecular complexity index is 591. The first kappa shape index (κ1) is 42.5. The molecule has 2 aliphatic heterocycles. The monoisotopic (exact) mass is 658 g/mol. The molecule has 0 N–H and O–H groups in total. The van der Waals surface area contributed by atoms with Crippen molar-refractivity contribution in [2.24, 2.45) is 0 Å². The predicted molar refractivity (Wildman–Crippen MR) is 168 cm³/mol. The van der Waals surface area contributed by atoms with Crippen molar-refractivity contribution in [2.75, 3.05) is 0 Å². The fraction of sp³-hybridized carbons (Fsp3) is 0.944. The smallest absolute Gasteiger partial charge is 0.547 e. The van der Waals surface area contributed by atoms with Crippen molar-refractivity contribution in [3.63, 3.8) is 0 Å². The molecular weight excluding hydrogens is 594 g/mol. The van der Waals surface area contributed by atoms with E-state index in [1.807, 2.05) is 0 Å². The Hall–Kier alpha value is -0.517. The second kappa shape index (κ2) is 30.2. The number of aliphatic carboxylic acids is 2. The van der Waals surface area contributed by atoms with Crippen molar-refractivity contribution in [3.05, 3.63) is 0 Å². The van der Waals surface area contributed by atoms with Crippen molar-refractivity contribution >= 4 is 11.9 Å². The molecule has 0 radical (unpaired) electrons. The number of carbonyl (C=O) groups excluding carboxylic acids is 2. The van der Waals surface area contributed by atoms with E-state index in [4.69, 9.17) is 9.47 Å². The summed E-state index contributed by atoms with van der Waals surface area (Å²) in [5, 5.41) is 20.9. The molecule has 7 heteroatoms. The van der Waals surface area contributed by atoms with E-state index in [-0.39, 0.29) is 31.7 Å². The van der Waals surface area contributed by atoms with Crippen LogP contribution in [0.4, 0.5) is 0 Å². The molecule has 0 saturated carbocycles. The maximum absolute atomic E-state index is 10.5. The molecule has 2 aliphatic rings. The van der Waals surface area contributed by atoms with Crippen LogP contribution < -0.4 is 10.2 Å². The number of hydrogen-bond acceptors (Lipinski definition) is 6. The Kier molecular flexibility index (Phi) is 29.8. The van der Waals surface area contributed by atoms with Crippen LogP contribution in [0.25, 0.3) is 0 Å². The van der Waals surface area contributed by atoms with E-state index in [1.54, 1.807) is 0 Å². The van der Waals surface area contributed by atoms with Crippen molar-refractivity contribution < 1.29 is 48.8 Å². The van der Waals surface area contributed by atoms with Crippen LogP contribution in [0, 0.1) is 0 Å². The summed E-state index contributed by atoms with van der Waals surface area (Å²) >= 11 is 0. The molecule has 0 aromatic carbocycles. The zero-order valence-electron chi connectivity index (χ0n) is 28.3. The Morgan fingerprint density at radius 3 is 0.814 bits per heavy atom. The first-order valence-corrected chi connectivity index (χ1v) is 18.2. The Balaban J connectivity index is 0.000000802. The van der Waals surface area contributed by atoms with Gasteiger partial charge in [-0.1, -0.05) is 181 Å². The normalized spacial score (nSPS) is 20.1. The van der Waals surface area contributed by atoms with Gasteiger partial charge in [0.1, 0.15) is 12.2 Å². The second-order valence-corrected chi connectivity index (χ2v) is 12.9. The van der Waals surface area contributed by atoms with Gasteiger partial charge in [-0.05, 0) is 12.8 Å². The third kappa shape index (κ3) is 26.4. The third-order valence-electron chi connectivity index (χ3n) is 8.81. The average Bonchev–Trinajstić information content (AvgIpc) is 3.90. The Morgan fingerprint density at radius 1 is 0.419 bits per heavy atom. The van der Waals surface area contributed by atoms with E-state index in [1.165, 1.54) is 154 Å². The maximum Gasteiger partial charge on any atom is 2.00 e. The average molecular weight is 660 g/mol. The molecule has 0 aliphatic carbocycles. The van der Waals surface area contributed by atoms with Crippen LogP contribution in [-0.2, 0) is 38.5 Å². The quantitative estimate of drug-likeness (QED) is 0.0440. The molecule has 4 atom stereocenters. The summed E-state index contributed by atoms with van der Waals surface area (Å²) in [6.07, 6.45) is 35.3. The van der Waals surface area contributed by atoms with Crippen LogP contribution in [0.3, 0.4) is 0 Å². The van der Waals surface area contributed by atoms with Gasteiger partial charge in [0.15, 0.2) is 0 Å². The fourth-order valence-electron chi connectivity index (χ4n) is 5.87. The first-order chi connectivity index (χ1) is 20.5. The molecular formula is C36H66O6Zn. The van der Waals surface area contributed by atoms with Gasteiger partial charge in [0.25, 0.3) is 0 Å². The van der Waals surface area contributed by atoms with Crippen LogP contribution in [0.1, 0.15) is 194 Å². The van der Waals surface area contributed by atoms with Crippen molar-refractivity contribution in [3.8, 4) is 0 Å². The number of carboxylic acid groups (broad SMARTS) is 2. The first-order valence-electron chi connectivity index (χ1n) is 18.2. The molecule has 2 heterocycles. The van der Waals surface area contributed by atoms with Crippen LogP contribution in [0.5, 0.6) is 0 Å². The molecule has 0 amide bonds. The molecule has 4 unspecified atom stereocenters. The van der Waals surface area contributed by atoms with E-state index in [2.05, 4.69) is 13.8 Å². The van der Waals surface area contributed by atoms with Gasteiger partial charge in [0.05, 0.1) is 24.1 Å². The maximum atomic E-state index is 10.5. The number of epoxide rings is 2. The number of ether oxygens (including phenoxy) is 2. The van der Waals surface area contributed by atoms with Gasteiger partial charge in [0, 0.05) is 0 Å². The summed E-state index contributed by atoms with van der Waals surface area (Å²) in [5.41, 5.74) is 0. The van der Waals surface area contributed by atoms with Gasteiger partial charge >= 0.3 is 19.5 Å².